The van der Waals surface area contributed by atoms with Gasteiger partial charge in [-0.3, -0.25) is 9.89 Å². The Labute approximate surface area is 168 Å². The molecule has 0 bridgehead atoms. The Morgan fingerprint density at radius 1 is 1.34 bits per heavy atom. The molecule has 156 valence electrons. The fourth-order valence-corrected chi connectivity index (χ4v) is 3.21. The molecular formula is C20H26FN5O3. The van der Waals surface area contributed by atoms with Crippen LogP contribution in [0.5, 0.6) is 5.75 Å². The average molecular weight is 403 g/mol. The molecule has 0 saturated heterocycles. The van der Waals surface area contributed by atoms with Crippen molar-refractivity contribution in [2.45, 2.75) is 32.6 Å². The molecule has 0 unspecified atom stereocenters. The topological polar surface area (TPSA) is 101 Å². The van der Waals surface area contributed by atoms with Gasteiger partial charge >= 0.3 is 0 Å². The Morgan fingerprint density at radius 2 is 2.21 bits per heavy atom. The van der Waals surface area contributed by atoms with Gasteiger partial charge in [-0.2, -0.15) is 5.10 Å². The first-order chi connectivity index (χ1) is 14.1. The molecule has 1 amide bonds. The number of H-pyrrole nitrogens is 1. The number of rotatable bonds is 9. The van der Waals surface area contributed by atoms with E-state index in [1.807, 2.05) is 0 Å². The first kappa shape index (κ1) is 20.8. The molecular weight excluding hydrogens is 377 g/mol. The van der Waals surface area contributed by atoms with Gasteiger partial charge in [-0.1, -0.05) is 12.1 Å². The summed E-state index contributed by atoms with van der Waals surface area (Å²) in [4.78, 5) is 17.6. The van der Waals surface area contributed by atoms with Crippen LogP contribution in [0, 0.1) is 5.82 Å². The van der Waals surface area contributed by atoms with Gasteiger partial charge in [0.1, 0.15) is 13.7 Å². The summed E-state index contributed by atoms with van der Waals surface area (Å²) in [5.74, 6) is -0.831. The number of hydrogen-bond donors (Lipinski definition) is 3. The number of aryl methyl sites for hydroxylation is 1. The Morgan fingerprint density at radius 3 is 2.97 bits per heavy atom. The highest BCUT2D eigenvalue weighted by molar-refractivity contribution is 6.14. The fraction of sp³-hybridized carbons (Fsp3) is 0.450. The Kier molecular flexibility index (Phi) is 7.18. The van der Waals surface area contributed by atoms with Crippen molar-refractivity contribution < 1.29 is 18.8 Å². The van der Waals surface area contributed by atoms with Gasteiger partial charge in [-0.25, -0.2) is 4.39 Å². The quantitative estimate of drug-likeness (QED) is 0.442. The molecule has 1 heterocycles. The summed E-state index contributed by atoms with van der Waals surface area (Å²) in [6.07, 6.45) is 3.42. The van der Waals surface area contributed by atoms with Gasteiger partial charge in [0, 0.05) is 24.0 Å². The second kappa shape index (κ2) is 10.0. The van der Waals surface area contributed by atoms with Crippen LogP contribution < -0.4 is 15.4 Å². The molecule has 1 aromatic carbocycles. The van der Waals surface area contributed by atoms with Crippen LogP contribution in [-0.4, -0.2) is 48.6 Å². The number of aromatic amines is 1. The molecule has 0 fully saturated rings. The fourth-order valence-electron chi connectivity index (χ4n) is 3.21. The maximum atomic E-state index is 14.3. The maximum absolute atomic E-state index is 14.3. The van der Waals surface area contributed by atoms with Gasteiger partial charge in [0.15, 0.2) is 17.3 Å². The third-order valence-electron chi connectivity index (χ3n) is 4.54. The van der Waals surface area contributed by atoms with Crippen LogP contribution in [-0.2, 0) is 11.3 Å². The lowest BCUT2D eigenvalue weighted by Crippen LogP contribution is -2.22. The van der Waals surface area contributed by atoms with Crippen LogP contribution >= 0.6 is 0 Å². The predicted molar refractivity (Wildman–Crippen MR) is 108 cm³/mol. The Balaban J connectivity index is 1.67. The number of halogens is 1. The molecule has 1 aliphatic carbocycles. The van der Waals surface area contributed by atoms with Crippen LogP contribution in [0.15, 0.2) is 23.4 Å². The summed E-state index contributed by atoms with van der Waals surface area (Å²) in [7, 11) is 1.47. The second-order valence-corrected chi connectivity index (χ2v) is 6.70. The van der Waals surface area contributed by atoms with Crippen LogP contribution in [0.25, 0.3) is 0 Å². The van der Waals surface area contributed by atoms with E-state index in [-0.39, 0.29) is 11.4 Å². The van der Waals surface area contributed by atoms with E-state index >= 15 is 0 Å². The largest absolute Gasteiger partial charge is 0.489 e. The number of hydrogen-bond acceptors (Lipinski definition) is 6. The van der Waals surface area contributed by atoms with E-state index in [1.165, 1.54) is 19.2 Å². The van der Waals surface area contributed by atoms with Crippen LogP contribution in [0.2, 0.25) is 0 Å². The molecule has 0 saturated carbocycles. The third kappa shape index (κ3) is 5.11. The Bertz CT molecular complexity index is 881. The van der Waals surface area contributed by atoms with Crippen molar-refractivity contribution in [1.29, 1.82) is 0 Å². The van der Waals surface area contributed by atoms with Crippen molar-refractivity contribution in [3.05, 3.63) is 41.0 Å². The van der Waals surface area contributed by atoms with Crippen molar-refractivity contribution in [1.82, 2.24) is 15.5 Å². The number of benzene rings is 1. The highest BCUT2D eigenvalue weighted by Crippen LogP contribution is 2.25. The number of nitrogens with one attached hydrogen (secondary N) is 3. The molecule has 9 heteroatoms. The third-order valence-corrected chi connectivity index (χ3v) is 4.54. The van der Waals surface area contributed by atoms with Crippen molar-refractivity contribution >= 4 is 17.3 Å². The normalized spacial score (nSPS) is 14.5. The van der Waals surface area contributed by atoms with E-state index in [2.05, 4.69) is 32.9 Å². The number of carbonyl (C=O) groups excluding carboxylic acids is 1. The van der Waals surface area contributed by atoms with Gasteiger partial charge in [0.05, 0.1) is 11.3 Å². The van der Waals surface area contributed by atoms with Gasteiger partial charge in [0.25, 0.3) is 5.91 Å². The lowest BCUT2D eigenvalue weighted by Gasteiger charge is -2.14. The van der Waals surface area contributed by atoms with E-state index in [4.69, 9.17) is 9.57 Å². The van der Waals surface area contributed by atoms with Gasteiger partial charge in [-0.05, 0) is 44.4 Å². The van der Waals surface area contributed by atoms with Crippen LogP contribution in [0.3, 0.4) is 0 Å². The number of oxime groups is 1. The van der Waals surface area contributed by atoms with Crippen molar-refractivity contribution in [2.24, 2.45) is 5.16 Å². The van der Waals surface area contributed by atoms with E-state index in [0.717, 1.165) is 31.5 Å². The molecule has 1 aromatic heterocycles. The monoisotopic (exact) mass is 403 g/mol. The maximum Gasteiger partial charge on any atom is 0.276 e. The number of carbonyl (C=O) groups is 1. The zero-order valence-corrected chi connectivity index (χ0v) is 16.7. The number of anilines is 1. The highest BCUT2D eigenvalue weighted by atomic mass is 19.1. The molecule has 3 rings (SSSR count). The molecule has 29 heavy (non-hydrogen) atoms. The minimum absolute atomic E-state index is 0.146. The van der Waals surface area contributed by atoms with Crippen molar-refractivity contribution in [3.8, 4) is 5.75 Å². The summed E-state index contributed by atoms with van der Waals surface area (Å²) in [5, 5.41) is 16.9. The van der Waals surface area contributed by atoms with Crippen LogP contribution in [0.1, 0.15) is 47.9 Å². The molecule has 0 atom stereocenters. The zero-order valence-electron chi connectivity index (χ0n) is 16.7. The average Bonchev–Trinajstić information content (AvgIpc) is 3.15. The molecule has 1 aliphatic rings. The van der Waals surface area contributed by atoms with Crippen LogP contribution in [0.4, 0.5) is 10.1 Å². The lowest BCUT2D eigenvalue weighted by atomic mass is 9.93. The standard InChI is InChI=1S/C20H26FN5O3/c1-3-9-22-10-11-29-17-8-7-13(12-14(17)21)23-20(27)19-18-15(24-25-19)5-4-6-16(18)26-28-2/h7-8,12,22H,3-6,9-11H2,1-2H3,(H,23,27)(H,24,25). The molecule has 0 spiro atoms. The molecule has 0 aliphatic heterocycles. The van der Waals surface area contributed by atoms with Gasteiger partial charge in [-0.15, -0.1) is 0 Å². The van der Waals surface area contributed by atoms with Crippen molar-refractivity contribution in [2.75, 3.05) is 32.1 Å². The number of amides is 1. The lowest BCUT2D eigenvalue weighted by molar-refractivity contribution is 0.102. The predicted octanol–water partition coefficient (Wildman–Crippen LogP) is 2.87. The number of ether oxygens (including phenoxy) is 1. The van der Waals surface area contributed by atoms with Gasteiger partial charge < -0.3 is 20.2 Å². The van der Waals surface area contributed by atoms with E-state index < -0.39 is 11.7 Å². The number of aromatic nitrogens is 2. The summed E-state index contributed by atoms with van der Waals surface area (Å²) in [5.41, 5.74) is 2.73. The smallest absolute Gasteiger partial charge is 0.276 e. The molecule has 8 nitrogen and oxygen atoms in total. The first-order valence-electron chi connectivity index (χ1n) is 9.76. The molecule has 2 aromatic rings. The van der Waals surface area contributed by atoms with E-state index in [0.29, 0.717) is 36.5 Å². The molecule has 3 N–H and O–H groups in total. The number of nitrogens with zero attached hydrogens (tertiary/aromatic N) is 2. The zero-order chi connectivity index (χ0) is 20.6. The SMILES string of the molecule is CCCNCCOc1ccc(NC(=O)c2n[nH]c3c2C(=NOC)CCC3)cc1F. The minimum Gasteiger partial charge on any atom is -0.489 e. The van der Waals surface area contributed by atoms with E-state index in [9.17, 15) is 9.18 Å². The summed E-state index contributed by atoms with van der Waals surface area (Å²) < 4.78 is 19.7. The minimum atomic E-state index is -0.538. The summed E-state index contributed by atoms with van der Waals surface area (Å²) >= 11 is 0. The van der Waals surface area contributed by atoms with Gasteiger partial charge in [0.2, 0.25) is 0 Å². The highest BCUT2D eigenvalue weighted by Gasteiger charge is 2.27. The summed E-state index contributed by atoms with van der Waals surface area (Å²) in [6.45, 7) is 3.97. The summed E-state index contributed by atoms with van der Waals surface area (Å²) in [6, 6.07) is 4.33. The van der Waals surface area contributed by atoms with E-state index in [1.54, 1.807) is 6.07 Å². The number of fused-ring (bicyclic) bond motifs is 1. The van der Waals surface area contributed by atoms with Crippen molar-refractivity contribution in [3.63, 3.8) is 0 Å². The Hall–Kier alpha value is -2.94. The second-order valence-electron chi connectivity index (χ2n) is 6.70. The molecule has 0 radical (unpaired) electrons. The first-order valence-corrected chi connectivity index (χ1v) is 9.76.